The molecule has 0 aliphatic rings. The zero-order valence-electron chi connectivity index (χ0n) is 14.2. The van der Waals surface area contributed by atoms with Crippen molar-refractivity contribution in [3.8, 4) is 0 Å². The summed E-state index contributed by atoms with van der Waals surface area (Å²) in [5.74, 6) is -0.0703. The minimum absolute atomic E-state index is 0.0703. The van der Waals surface area contributed by atoms with Crippen molar-refractivity contribution in [2.24, 2.45) is 5.41 Å². The van der Waals surface area contributed by atoms with Crippen molar-refractivity contribution in [2.45, 2.75) is 27.2 Å². The van der Waals surface area contributed by atoms with Crippen LogP contribution in [0, 0.1) is 19.3 Å². The van der Waals surface area contributed by atoms with Gasteiger partial charge in [-0.05, 0) is 37.1 Å². The largest absolute Gasteiger partial charge is 0.464 e. The summed E-state index contributed by atoms with van der Waals surface area (Å²) >= 11 is 0. The fraction of sp³-hybridized carbons (Fsp3) is 0.500. The maximum absolute atomic E-state index is 12.4. The highest BCUT2D eigenvalue weighted by Crippen LogP contribution is 2.25. The molecule has 1 amide bonds. The molecule has 0 atom stereocenters. The van der Waals surface area contributed by atoms with Crippen LogP contribution in [0.5, 0.6) is 0 Å². The van der Waals surface area contributed by atoms with Crippen LogP contribution in [-0.4, -0.2) is 47.8 Å². The number of carbonyl (C=O) groups is 1. The fourth-order valence-electron chi connectivity index (χ4n) is 2.58. The SMILES string of the molecule is Cc1cc2occ(CC(=O)N(C)CC(C)(CO)CO)c2cc1C. The zero-order chi connectivity index (χ0) is 17.2. The molecule has 1 aromatic carbocycles. The molecule has 0 radical (unpaired) electrons. The number of hydrogen-bond acceptors (Lipinski definition) is 4. The van der Waals surface area contributed by atoms with Gasteiger partial charge in [0.25, 0.3) is 0 Å². The summed E-state index contributed by atoms with van der Waals surface area (Å²) in [4.78, 5) is 14.0. The Bertz CT molecular complexity index is 700. The summed E-state index contributed by atoms with van der Waals surface area (Å²) in [6.07, 6.45) is 1.87. The number of hydrogen-bond donors (Lipinski definition) is 2. The molecule has 2 aromatic rings. The van der Waals surface area contributed by atoms with Crippen LogP contribution in [0.2, 0.25) is 0 Å². The van der Waals surface area contributed by atoms with E-state index in [-0.39, 0.29) is 25.5 Å². The maximum atomic E-state index is 12.4. The first-order chi connectivity index (χ1) is 10.8. The maximum Gasteiger partial charge on any atom is 0.226 e. The van der Waals surface area contributed by atoms with Crippen LogP contribution in [0.1, 0.15) is 23.6 Å². The lowest BCUT2D eigenvalue weighted by molar-refractivity contribution is -0.131. The number of likely N-dealkylation sites (N-methyl/N-ethyl adjacent to an activating group) is 1. The Morgan fingerprint density at radius 1 is 1.22 bits per heavy atom. The van der Waals surface area contributed by atoms with E-state index in [9.17, 15) is 15.0 Å². The molecule has 126 valence electrons. The molecule has 2 rings (SSSR count). The molecule has 1 aromatic heterocycles. The van der Waals surface area contributed by atoms with Crippen molar-refractivity contribution in [1.82, 2.24) is 4.90 Å². The molecule has 0 unspecified atom stereocenters. The van der Waals surface area contributed by atoms with Crippen LogP contribution in [-0.2, 0) is 11.2 Å². The number of aryl methyl sites for hydroxylation is 2. The molecule has 0 aliphatic carbocycles. The standard InChI is InChI=1S/C18H25NO4/c1-12-5-15-14(8-23-16(15)6-13(12)2)7-17(22)19(4)9-18(3,10-20)11-21/h5-6,8,20-21H,7,9-11H2,1-4H3. The lowest BCUT2D eigenvalue weighted by Crippen LogP contribution is -2.42. The Morgan fingerprint density at radius 3 is 2.43 bits per heavy atom. The molecular weight excluding hydrogens is 294 g/mol. The quantitative estimate of drug-likeness (QED) is 0.854. The molecule has 1 heterocycles. The molecule has 5 nitrogen and oxygen atoms in total. The molecule has 0 saturated heterocycles. The van der Waals surface area contributed by atoms with Crippen molar-refractivity contribution >= 4 is 16.9 Å². The average Bonchev–Trinajstić information content (AvgIpc) is 2.89. The van der Waals surface area contributed by atoms with Gasteiger partial charge in [-0.3, -0.25) is 4.79 Å². The summed E-state index contributed by atoms with van der Waals surface area (Å²) in [6, 6.07) is 4.03. The summed E-state index contributed by atoms with van der Waals surface area (Å²) < 4.78 is 5.56. The van der Waals surface area contributed by atoms with Crippen molar-refractivity contribution in [3.63, 3.8) is 0 Å². The number of furan rings is 1. The topological polar surface area (TPSA) is 73.9 Å². The van der Waals surface area contributed by atoms with E-state index in [1.54, 1.807) is 25.1 Å². The zero-order valence-corrected chi connectivity index (χ0v) is 14.2. The van der Waals surface area contributed by atoms with Gasteiger partial charge in [-0.2, -0.15) is 0 Å². The van der Waals surface area contributed by atoms with E-state index in [0.29, 0.717) is 6.54 Å². The number of aliphatic hydroxyl groups excluding tert-OH is 2. The Labute approximate surface area is 136 Å². The normalized spacial score (nSPS) is 11.9. The molecule has 0 aliphatic heterocycles. The van der Waals surface area contributed by atoms with Crippen LogP contribution in [0.15, 0.2) is 22.8 Å². The minimum Gasteiger partial charge on any atom is -0.464 e. The number of benzene rings is 1. The molecular formula is C18H25NO4. The van der Waals surface area contributed by atoms with E-state index in [1.165, 1.54) is 0 Å². The highest BCUT2D eigenvalue weighted by Gasteiger charge is 2.26. The van der Waals surface area contributed by atoms with Crippen molar-refractivity contribution < 1.29 is 19.4 Å². The van der Waals surface area contributed by atoms with Crippen molar-refractivity contribution in [2.75, 3.05) is 26.8 Å². The smallest absolute Gasteiger partial charge is 0.226 e. The van der Waals surface area contributed by atoms with Gasteiger partial charge in [0.1, 0.15) is 5.58 Å². The summed E-state index contributed by atoms with van der Waals surface area (Å²) in [7, 11) is 1.68. The van der Waals surface area contributed by atoms with E-state index in [1.807, 2.05) is 26.0 Å². The summed E-state index contributed by atoms with van der Waals surface area (Å²) in [5, 5.41) is 19.7. The molecule has 2 N–H and O–H groups in total. The predicted molar refractivity (Wildman–Crippen MR) is 89.3 cm³/mol. The fourth-order valence-corrected chi connectivity index (χ4v) is 2.58. The molecule has 0 bridgehead atoms. The van der Waals surface area contributed by atoms with Crippen LogP contribution >= 0.6 is 0 Å². The van der Waals surface area contributed by atoms with E-state index in [2.05, 4.69) is 0 Å². The van der Waals surface area contributed by atoms with Gasteiger partial charge >= 0.3 is 0 Å². The number of amides is 1. The molecule has 0 spiro atoms. The van der Waals surface area contributed by atoms with Gasteiger partial charge in [-0.1, -0.05) is 6.92 Å². The third-order valence-corrected chi connectivity index (χ3v) is 4.42. The number of rotatable bonds is 6. The van der Waals surface area contributed by atoms with Crippen LogP contribution in [0.3, 0.4) is 0 Å². The van der Waals surface area contributed by atoms with Gasteiger partial charge in [0.15, 0.2) is 0 Å². The first kappa shape index (κ1) is 17.5. The van der Waals surface area contributed by atoms with Gasteiger partial charge < -0.3 is 19.5 Å². The van der Waals surface area contributed by atoms with Crippen molar-refractivity contribution in [1.29, 1.82) is 0 Å². The number of aliphatic hydroxyl groups is 2. The highest BCUT2D eigenvalue weighted by molar-refractivity contribution is 5.88. The van der Waals surface area contributed by atoms with E-state index in [0.717, 1.165) is 27.7 Å². The Morgan fingerprint density at radius 2 is 1.83 bits per heavy atom. The van der Waals surface area contributed by atoms with Crippen molar-refractivity contribution in [3.05, 3.63) is 35.1 Å². The molecule has 5 heteroatoms. The monoisotopic (exact) mass is 319 g/mol. The average molecular weight is 319 g/mol. The number of fused-ring (bicyclic) bond motifs is 1. The van der Waals surface area contributed by atoms with Crippen LogP contribution in [0.4, 0.5) is 0 Å². The third kappa shape index (κ3) is 3.74. The lowest BCUT2D eigenvalue weighted by Gasteiger charge is -2.30. The summed E-state index contributed by atoms with van der Waals surface area (Å²) in [6.45, 7) is 5.76. The van der Waals surface area contributed by atoms with E-state index in [4.69, 9.17) is 4.42 Å². The third-order valence-electron chi connectivity index (χ3n) is 4.42. The highest BCUT2D eigenvalue weighted by atomic mass is 16.3. The Kier molecular flexibility index (Phi) is 5.12. The first-order valence-corrected chi connectivity index (χ1v) is 7.72. The van der Waals surface area contributed by atoms with E-state index < -0.39 is 5.41 Å². The second-order valence-electron chi connectivity index (χ2n) is 6.75. The van der Waals surface area contributed by atoms with Gasteiger partial charge in [0.2, 0.25) is 5.91 Å². The van der Waals surface area contributed by atoms with Gasteiger partial charge in [-0.25, -0.2) is 0 Å². The molecule has 0 fully saturated rings. The summed E-state index contributed by atoms with van der Waals surface area (Å²) in [5.41, 5.74) is 3.26. The number of nitrogens with zero attached hydrogens (tertiary/aromatic N) is 1. The molecule has 0 saturated carbocycles. The number of carbonyl (C=O) groups excluding carboxylic acids is 1. The second-order valence-corrected chi connectivity index (χ2v) is 6.75. The van der Waals surface area contributed by atoms with Gasteiger partial charge in [0, 0.05) is 30.0 Å². The van der Waals surface area contributed by atoms with Gasteiger partial charge in [-0.15, -0.1) is 0 Å². The molecule has 23 heavy (non-hydrogen) atoms. The first-order valence-electron chi connectivity index (χ1n) is 7.72. The van der Waals surface area contributed by atoms with Crippen LogP contribution < -0.4 is 0 Å². The lowest BCUT2D eigenvalue weighted by atomic mass is 9.92. The predicted octanol–water partition coefficient (Wildman–Crippen LogP) is 2.04. The van der Waals surface area contributed by atoms with Crippen LogP contribution in [0.25, 0.3) is 11.0 Å². The Balaban J connectivity index is 2.16. The Hall–Kier alpha value is -1.85. The van der Waals surface area contributed by atoms with E-state index >= 15 is 0 Å². The van der Waals surface area contributed by atoms with Gasteiger partial charge in [0.05, 0.1) is 25.9 Å². The second kappa shape index (κ2) is 6.72. The minimum atomic E-state index is -0.698.